The SMILES string of the molecule is CN(CCc1ccc(Cl)cc1)C(=O)NCCCC(=O)O. The Bertz CT molecular complexity index is 448. The highest BCUT2D eigenvalue weighted by atomic mass is 35.5. The molecule has 0 bridgehead atoms. The van der Waals surface area contributed by atoms with Crippen molar-refractivity contribution in [2.75, 3.05) is 20.1 Å². The number of halogens is 1. The van der Waals surface area contributed by atoms with Crippen LogP contribution in [-0.4, -0.2) is 42.1 Å². The molecule has 0 heterocycles. The first-order chi connectivity index (χ1) is 9.49. The summed E-state index contributed by atoms with van der Waals surface area (Å²) in [5.74, 6) is -0.852. The fourth-order valence-electron chi connectivity index (χ4n) is 1.62. The van der Waals surface area contributed by atoms with Gasteiger partial charge < -0.3 is 15.3 Å². The normalized spacial score (nSPS) is 10.1. The van der Waals surface area contributed by atoms with Crippen LogP contribution < -0.4 is 5.32 Å². The Balaban J connectivity index is 2.24. The number of nitrogens with one attached hydrogen (secondary N) is 1. The number of nitrogens with zero attached hydrogens (tertiary/aromatic N) is 1. The Hall–Kier alpha value is -1.75. The Morgan fingerprint density at radius 1 is 1.30 bits per heavy atom. The number of rotatable bonds is 7. The molecule has 0 saturated carbocycles. The van der Waals surface area contributed by atoms with Gasteiger partial charge in [-0.2, -0.15) is 0 Å². The third-order valence-electron chi connectivity index (χ3n) is 2.84. The van der Waals surface area contributed by atoms with E-state index in [0.29, 0.717) is 24.5 Å². The molecule has 5 nitrogen and oxygen atoms in total. The van der Waals surface area contributed by atoms with Gasteiger partial charge in [0.15, 0.2) is 0 Å². The third-order valence-corrected chi connectivity index (χ3v) is 3.09. The van der Waals surface area contributed by atoms with Gasteiger partial charge in [-0.3, -0.25) is 4.79 Å². The van der Waals surface area contributed by atoms with Gasteiger partial charge in [0.1, 0.15) is 0 Å². The van der Waals surface area contributed by atoms with E-state index in [1.54, 1.807) is 11.9 Å². The number of carboxylic acid groups (broad SMARTS) is 1. The fraction of sp³-hybridized carbons (Fsp3) is 0.429. The van der Waals surface area contributed by atoms with Gasteiger partial charge in [-0.05, 0) is 30.5 Å². The maximum absolute atomic E-state index is 11.7. The monoisotopic (exact) mass is 298 g/mol. The molecule has 1 aromatic carbocycles. The molecule has 0 aliphatic heterocycles. The minimum Gasteiger partial charge on any atom is -0.481 e. The van der Waals surface area contributed by atoms with Gasteiger partial charge in [0.05, 0.1) is 0 Å². The number of carbonyl (C=O) groups excluding carboxylic acids is 1. The Kier molecular flexibility index (Phi) is 6.87. The molecule has 0 radical (unpaired) electrons. The molecule has 0 aliphatic carbocycles. The van der Waals surface area contributed by atoms with E-state index in [9.17, 15) is 9.59 Å². The minimum absolute atomic E-state index is 0.0643. The van der Waals surface area contributed by atoms with E-state index in [1.807, 2.05) is 24.3 Å². The lowest BCUT2D eigenvalue weighted by Gasteiger charge is -2.17. The van der Waals surface area contributed by atoms with Gasteiger partial charge in [-0.25, -0.2) is 4.79 Å². The molecule has 1 aromatic rings. The Labute approximate surface area is 123 Å². The van der Waals surface area contributed by atoms with Crippen LogP contribution in [0.4, 0.5) is 4.79 Å². The number of aliphatic carboxylic acids is 1. The van der Waals surface area contributed by atoms with Crippen LogP contribution in [-0.2, 0) is 11.2 Å². The zero-order chi connectivity index (χ0) is 15.0. The zero-order valence-electron chi connectivity index (χ0n) is 11.4. The summed E-state index contributed by atoms with van der Waals surface area (Å²) >= 11 is 5.80. The molecule has 2 N–H and O–H groups in total. The summed E-state index contributed by atoms with van der Waals surface area (Å²) in [5, 5.41) is 11.9. The van der Waals surface area contributed by atoms with Crippen LogP contribution in [0, 0.1) is 0 Å². The van der Waals surface area contributed by atoms with Crippen molar-refractivity contribution in [1.82, 2.24) is 10.2 Å². The van der Waals surface area contributed by atoms with E-state index in [-0.39, 0.29) is 12.5 Å². The molecule has 6 heteroatoms. The molecule has 0 atom stereocenters. The van der Waals surface area contributed by atoms with Crippen LogP contribution in [0.15, 0.2) is 24.3 Å². The van der Waals surface area contributed by atoms with E-state index < -0.39 is 5.97 Å². The quantitative estimate of drug-likeness (QED) is 0.759. The summed E-state index contributed by atoms with van der Waals surface area (Å²) in [6.45, 7) is 0.961. The van der Waals surface area contributed by atoms with Crippen molar-refractivity contribution >= 4 is 23.6 Å². The number of benzene rings is 1. The molecule has 0 aliphatic rings. The molecular weight excluding hydrogens is 280 g/mol. The Morgan fingerprint density at radius 2 is 1.95 bits per heavy atom. The van der Waals surface area contributed by atoms with Crippen LogP contribution in [0.25, 0.3) is 0 Å². The first-order valence-corrected chi connectivity index (χ1v) is 6.82. The number of hydrogen-bond acceptors (Lipinski definition) is 2. The number of hydrogen-bond donors (Lipinski definition) is 2. The second-order valence-electron chi connectivity index (χ2n) is 4.53. The summed E-state index contributed by atoms with van der Waals surface area (Å²) in [6.07, 6.45) is 1.25. The average molecular weight is 299 g/mol. The van der Waals surface area contributed by atoms with E-state index in [1.165, 1.54) is 0 Å². The van der Waals surface area contributed by atoms with Crippen molar-refractivity contribution < 1.29 is 14.7 Å². The molecular formula is C14H19ClN2O3. The minimum atomic E-state index is -0.852. The van der Waals surface area contributed by atoms with Crippen molar-refractivity contribution in [2.45, 2.75) is 19.3 Å². The third kappa shape index (κ3) is 6.43. The molecule has 0 spiro atoms. The molecule has 110 valence electrons. The summed E-state index contributed by atoms with van der Waals surface area (Å²) in [5.41, 5.74) is 1.11. The second-order valence-corrected chi connectivity index (χ2v) is 4.96. The highest BCUT2D eigenvalue weighted by Crippen LogP contribution is 2.10. The van der Waals surface area contributed by atoms with E-state index in [0.717, 1.165) is 12.0 Å². The van der Waals surface area contributed by atoms with Crippen LogP contribution in [0.1, 0.15) is 18.4 Å². The van der Waals surface area contributed by atoms with Crippen LogP contribution in [0.2, 0.25) is 5.02 Å². The molecule has 1 rings (SSSR count). The topological polar surface area (TPSA) is 69.6 Å². The maximum Gasteiger partial charge on any atom is 0.317 e. The first-order valence-electron chi connectivity index (χ1n) is 6.44. The lowest BCUT2D eigenvalue weighted by molar-refractivity contribution is -0.137. The smallest absolute Gasteiger partial charge is 0.317 e. The zero-order valence-corrected chi connectivity index (χ0v) is 12.2. The number of carbonyl (C=O) groups is 2. The number of likely N-dealkylation sites (N-methyl/N-ethyl adjacent to an activating group) is 1. The predicted octanol–water partition coefficient (Wildman–Crippen LogP) is 2.39. The highest BCUT2D eigenvalue weighted by molar-refractivity contribution is 6.30. The summed E-state index contributed by atoms with van der Waals surface area (Å²) in [7, 11) is 1.71. The van der Waals surface area contributed by atoms with Crippen molar-refractivity contribution in [3.8, 4) is 0 Å². The molecule has 0 aromatic heterocycles. The molecule has 0 unspecified atom stereocenters. The van der Waals surface area contributed by atoms with Gasteiger partial charge in [0, 0.05) is 31.6 Å². The highest BCUT2D eigenvalue weighted by Gasteiger charge is 2.07. The maximum atomic E-state index is 11.7. The van der Waals surface area contributed by atoms with Crippen LogP contribution in [0.5, 0.6) is 0 Å². The number of amides is 2. The standard InChI is InChI=1S/C14H19ClN2O3/c1-17(14(20)16-9-2-3-13(18)19)10-8-11-4-6-12(15)7-5-11/h4-7H,2-3,8-10H2,1H3,(H,16,20)(H,18,19). The fourth-order valence-corrected chi connectivity index (χ4v) is 1.75. The van der Waals surface area contributed by atoms with Gasteiger partial charge in [0.25, 0.3) is 0 Å². The largest absolute Gasteiger partial charge is 0.481 e. The van der Waals surface area contributed by atoms with Crippen molar-refractivity contribution in [3.63, 3.8) is 0 Å². The number of carboxylic acids is 1. The van der Waals surface area contributed by atoms with Gasteiger partial charge in [-0.1, -0.05) is 23.7 Å². The van der Waals surface area contributed by atoms with E-state index in [2.05, 4.69) is 5.32 Å². The first kappa shape index (κ1) is 16.3. The van der Waals surface area contributed by atoms with Gasteiger partial charge in [0.2, 0.25) is 0 Å². The number of urea groups is 1. The predicted molar refractivity (Wildman–Crippen MR) is 78.1 cm³/mol. The lowest BCUT2D eigenvalue weighted by atomic mass is 10.1. The average Bonchev–Trinajstić information content (AvgIpc) is 2.42. The Morgan fingerprint density at radius 3 is 2.55 bits per heavy atom. The molecule has 2 amide bonds. The molecule has 0 saturated heterocycles. The van der Waals surface area contributed by atoms with Crippen molar-refractivity contribution in [2.24, 2.45) is 0 Å². The van der Waals surface area contributed by atoms with E-state index >= 15 is 0 Å². The van der Waals surface area contributed by atoms with Crippen molar-refractivity contribution in [1.29, 1.82) is 0 Å². The second kappa shape index (κ2) is 8.43. The lowest BCUT2D eigenvalue weighted by Crippen LogP contribution is -2.38. The van der Waals surface area contributed by atoms with Gasteiger partial charge >= 0.3 is 12.0 Å². The van der Waals surface area contributed by atoms with E-state index in [4.69, 9.17) is 16.7 Å². The van der Waals surface area contributed by atoms with Gasteiger partial charge in [-0.15, -0.1) is 0 Å². The summed E-state index contributed by atoms with van der Waals surface area (Å²) in [6, 6.07) is 7.32. The van der Waals surface area contributed by atoms with Crippen molar-refractivity contribution in [3.05, 3.63) is 34.9 Å². The van der Waals surface area contributed by atoms with Crippen LogP contribution in [0.3, 0.4) is 0 Å². The van der Waals surface area contributed by atoms with Crippen LogP contribution >= 0.6 is 11.6 Å². The molecule has 0 fully saturated rings. The summed E-state index contributed by atoms with van der Waals surface area (Å²) < 4.78 is 0. The summed E-state index contributed by atoms with van der Waals surface area (Å²) in [4.78, 5) is 23.6. The molecule has 20 heavy (non-hydrogen) atoms.